The van der Waals surface area contributed by atoms with Crippen LogP contribution in [0.4, 0.5) is 0 Å². The minimum Gasteiger partial charge on any atom is -0.309 e. The molecule has 39 heavy (non-hydrogen) atoms. The summed E-state index contributed by atoms with van der Waals surface area (Å²) in [4.78, 5) is 0. The fourth-order valence-electron chi connectivity index (χ4n) is 6.25. The lowest BCUT2D eigenvalue weighted by molar-refractivity contribution is 1.19. The van der Waals surface area contributed by atoms with E-state index >= 15 is 0 Å². The normalized spacial score (nSPS) is 11.6. The first-order chi connectivity index (χ1) is 19.3. The van der Waals surface area contributed by atoms with Gasteiger partial charge in [0.2, 0.25) is 0 Å². The molecule has 0 aliphatic rings. The number of hydrogen-bond acceptors (Lipinski definition) is 1. The molecule has 0 fully saturated rings. The van der Waals surface area contributed by atoms with Crippen molar-refractivity contribution in [3.63, 3.8) is 0 Å². The topological polar surface area (TPSA) is 28.7 Å². The highest BCUT2D eigenvalue weighted by Crippen LogP contribution is 2.44. The second-order valence-corrected chi connectivity index (χ2v) is 10.1. The fourth-order valence-corrected chi connectivity index (χ4v) is 6.25. The Balaban J connectivity index is 1.49. The summed E-state index contributed by atoms with van der Waals surface area (Å²) in [6.45, 7) is 0. The van der Waals surface area contributed by atoms with Crippen molar-refractivity contribution in [1.82, 2.24) is 4.57 Å². The van der Waals surface area contributed by atoms with Crippen LogP contribution in [0.15, 0.2) is 133 Å². The van der Waals surface area contributed by atoms with Gasteiger partial charge in [-0.15, -0.1) is 0 Å². The molecule has 0 spiro atoms. The lowest BCUT2D eigenvalue weighted by Crippen LogP contribution is -1.95. The highest BCUT2D eigenvalue weighted by Gasteiger charge is 2.19. The molecule has 1 heterocycles. The first-order valence-corrected chi connectivity index (χ1v) is 13.2. The lowest BCUT2D eigenvalue weighted by atomic mass is 9.93. The third-order valence-corrected chi connectivity index (χ3v) is 8.00. The van der Waals surface area contributed by atoms with Crippen molar-refractivity contribution in [2.45, 2.75) is 0 Å². The number of aromatic nitrogens is 1. The summed E-state index contributed by atoms with van der Waals surface area (Å²) in [6, 6.07) is 49.6. The molecule has 0 saturated heterocycles. The van der Waals surface area contributed by atoms with Crippen molar-refractivity contribution in [3.8, 4) is 22.9 Å². The van der Waals surface area contributed by atoms with Gasteiger partial charge in [0.1, 0.15) is 0 Å². The van der Waals surface area contributed by atoms with Gasteiger partial charge in [-0.25, -0.2) is 0 Å². The van der Waals surface area contributed by atoms with Crippen LogP contribution in [-0.2, 0) is 0 Å². The van der Waals surface area contributed by atoms with Gasteiger partial charge in [0.25, 0.3) is 0 Å². The van der Waals surface area contributed by atoms with E-state index in [2.05, 4.69) is 120 Å². The third kappa shape index (κ3) is 3.14. The van der Waals surface area contributed by atoms with E-state index in [1.54, 1.807) is 0 Å². The summed E-state index contributed by atoms with van der Waals surface area (Å²) in [7, 11) is 0. The summed E-state index contributed by atoms with van der Waals surface area (Å²) in [5.41, 5.74) is 6.47. The molecule has 8 aromatic rings. The van der Waals surface area contributed by atoms with Gasteiger partial charge in [-0.05, 0) is 68.4 Å². The zero-order valence-electron chi connectivity index (χ0n) is 21.1. The molecule has 0 saturated carbocycles. The molecule has 0 amide bonds. The Kier molecular flexibility index (Phi) is 4.62. The van der Waals surface area contributed by atoms with Crippen LogP contribution in [0.5, 0.6) is 0 Å². The number of rotatable bonds is 2. The summed E-state index contributed by atoms with van der Waals surface area (Å²) >= 11 is 0. The van der Waals surface area contributed by atoms with E-state index in [1.165, 1.54) is 54.1 Å². The zero-order chi connectivity index (χ0) is 25.9. The van der Waals surface area contributed by atoms with Crippen molar-refractivity contribution in [1.29, 1.82) is 5.26 Å². The van der Waals surface area contributed by atoms with Gasteiger partial charge < -0.3 is 4.57 Å². The Bertz CT molecular complexity index is 2260. The van der Waals surface area contributed by atoms with Crippen LogP contribution in [-0.4, -0.2) is 4.57 Å². The first kappa shape index (κ1) is 21.7. The van der Waals surface area contributed by atoms with Gasteiger partial charge in [-0.1, -0.05) is 103 Å². The average Bonchev–Trinajstić information content (AvgIpc) is 3.36. The maximum atomic E-state index is 9.16. The minimum absolute atomic E-state index is 0.673. The molecule has 0 unspecified atom stereocenters. The van der Waals surface area contributed by atoms with E-state index in [1.807, 2.05) is 24.3 Å². The molecule has 7 aromatic carbocycles. The Morgan fingerprint density at radius 3 is 1.77 bits per heavy atom. The van der Waals surface area contributed by atoms with E-state index in [-0.39, 0.29) is 0 Å². The van der Waals surface area contributed by atoms with Gasteiger partial charge in [-0.2, -0.15) is 5.26 Å². The molecule has 8 rings (SSSR count). The van der Waals surface area contributed by atoms with Crippen LogP contribution >= 0.6 is 0 Å². The van der Waals surface area contributed by atoms with Crippen LogP contribution in [0.25, 0.3) is 70.9 Å². The van der Waals surface area contributed by atoms with Gasteiger partial charge in [0, 0.05) is 21.8 Å². The van der Waals surface area contributed by atoms with Crippen LogP contribution in [0.1, 0.15) is 5.56 Å². The van der Waals surface area contributed by atoms with Gasteiger partial charge in [0.05, 0.1) is 22.7 Å². The molecule has 0 atom stereocenters. The van der Waals surface area contributed by atoms with Gasteiger partial charge in [0.15, 0.2) is 0 Å². The molecule has 2 heteroatoms. The lowest BCUT2D eigenvalue weighted by Gasteiger charge is -2.14. The highest BCUT2D eigenvalue weighted by molar-refractivity contribution is 6.35. The number of nitriles is 1. The summed E-state index contributed by atoms with van der Waals surface area (Å²) < 4.78 is 2.43. The number of hydrogen-bond donors (Lipinski definition) is 0. The minimum atomic E-state index is 0.673. The van der Waals surface area contributed by atoms with Crippen molar-refractivity contribution in [2.75, 3.05) is 0 Å². The van der Waals surface area contributed by atoms with Gasteiger partial charge in [-0.3, -0.25) is 0 Å². The number of benzene rings is 7. The van der Waals surface area contributed by atoms with E-state index in [9.17, 15) is 0 Å². The first-order valence-electron chi connectivity index (χ1n) is 13.2. The van der Waals surface area contributed by atoms with Crippen molar-refractivity contribution >= 4 is 54.1 Å². The summed E-state index contributed by atoms with van der Waals surface area (Å²) in [5, 5.41) is 19.4. The second-order valence-electron chi connectivity index (χ2n) is 10.1. The third-order valence-electron chi connectivity index (χ3n) is 8.00. The number of para-hydroxylation sites is 1. The zero-order valence-corrected chi connectivity index (χ0v) is 21.1. The second kappa shape index (κ2) is 8.31. The van der Waals surface area contributed by atoms with E-state index in [4.69, 9.17) is 5.26 Å². The average molecular weight is 495 g/mol. The fraction of sp³-hybridized carbons (Fsp3) is 0. The Morgan fingerprint density at radius 1 is 0.462 bits per heavy atom. The van der Waals surface area contributed by atoms with Crippen molar-refractivity contribution in [2.24, 2.45) is 0 Å². The number of nitrogens with zero attached hydrogens (tertiary/aromatic N) is 2. The van der Waals surface area contributed by atoms with Crippen LogP contribution in [0, 0.1) is 11.3 Å². The van der Waals surface area contributed by atoms with Crippen molar-refractivity contribution < 1.29 is 0 Å². The molecule has 0 aliphatic heterocycles. The maximum Gasteiger partial charge on any atom is 0.0991 e. The van der Waals surface area contributed by atoms with Crippen LogP contribution in [0.3, 0.4) is 0 Å². The monoisotopic (exact) mass is 494 g/mol. The van der Waals surface area contributed by atoms with E-state index in [0.717, 1.165) is 16.8 Å². The molecule has 180 valence electrons. The molecule has 0 bridgehead atoms. The molecule has 0 aliphatic carbocycles. The van der Waals surface area contributed by atoms with E-state index < -0.39 is 0 Å². The Morgan fingerprint density at radius 2 is 1.05 bits per heavy atom. The van der Waals surface area contributed by atoms with E-state index in [0.29, 0.717) is 5.56 Å². The Labute approximate surface area is 225 Å². The predicted molar refractivity (Wildman–Crippen MR) is 163 cm³/mol. The molecular formula is C37H22N2. The highest BCUT2D eigenvalue weighted by atomic mass is 15.0. The predicted octanol–water partition coefficient (Wildman–Crippen LogP) is 9.78. The molecule has 2 nitrogen and oxygen atoms in total. The standard InChI is InChI=1S/C37H22N2/c38-23-24-13-15-25(16-14-24)26-17-20-28(21-18-26)39-34-12-6-5-11-32(34)36-31-10-4-3-9-30(31)35-29-8-2-1-7-27(29)19-22-33(35)37(36)39/h1-22H. The maximum absolute atomic E-state index is 9.16. The largest absolute Gasteiger partial charge is 0.309 e. The summed E-state index contributed by atoms with van der Waals surface area (Å²) in [5.74, 6) is 0. The molecule has 0 radical (unpaired) electrons. The molecular weight excluding hydrogens is 472 g/mol. The van der Waals surface area contributed by atoms with Gasteiger partial charge >= 0.3 is 0 Å². The number of fused-ring (bicyclic) bond motifs is 10. The van der Waals surface area contributed by atoms with Crippen LogP contribution in [0.2, 0.25) is 0 Å². The SMILES string of the molecule is N#Cc1ccc(-c2ccc(-n3c4ccccc4c4c5ccccc5c5c6ccccc6ccc5c43)cc2)cc1. The molecule has 1 aromatic heterocycles. The summed E-state index contributed by atoms with van der Waals surface area (Å²) in [6.07, 6.45) is 0. The van der Waals surface area contributed by atoms with Crippen molar-refractivity contribution in [3.05, 3.63) is 139 Å². The Hall–Kier alpha value is -5.39. The smallest absolute Gasteiger partial charge is 0.0991 e. The molecule has 0 N–H and O–H groups in total. The van der Waals surface area contributed by atoms with Crippen LogP contribution < -0.4 is 0 Å². The quantitative estimate of drug-likeness (QED) is 0.220.